The summed E-state index contributed by atoms with van der Waals surface area (Å²) in [4.78, 5) is 0. The highest BCUT2D eigenvalue weighted by Crippen LogP contribution is 2.59. The first-order chi connectivity index (χ1) is 15.7. The van der Waals surface area contributed by atoms with Gasteiger partial charge >= 0.3 is 0 Å². The number of hydrogen-bond acceptors (Lipinski definition) is 3. The van der Waals surface area contributed by atoms with E-state index in [1.807, 2.05) is 0 Å². The largest absolute Gasteiger partial charge is 1.00 e. The summed E-state index contributed by atoms with van der Waals surface area (Å²) in [5.74, 6) is 1.96. The lowest BCUT2D eigenvalue weighted by Crippen LogP contribution is -3.00. The maximum atomic E-state index is 5.66. The Bertz CT molecular complexity index is 1030. The molecule has 0 aromatic heterocycles. The Morgan fingerprint density at radius 2 is 0.909 bits per heavy atom. The third kappa shape index (κ3) is 4.93. The molecule has 0 unspecified atom stereocenters. The van der Waals surface area contributed by atoms with Crippen molar-refractivity contribution in [2.45, 2.75) is 6.16 Å². The predicted octanol–water partition coefficient (Wildman–Crippen LogP) is 2.21. The summed E-state index contributed by atoms with van der Waals surface area (Å²) in [6.45, 7) is 0. The van der Waals surface area contributed by atoms with Crippen LogP contribution in [-0.4, -0.2) is 21.3 Å². The molecule has 4 rings (SSSR count). The van der Waals surface area contributed by atoms with E-state index < -0.39 is 7.26 Å². The third-order valence-corrected chi connectivity index (χ3v) is 10.1. The van der Waals surface area contributed by atoms with Gasteiger partial charge in [-0.3, -0.25) is 0 Å². The second kappa shape index (κ2) is 11.4. The molecular weight excluding hydrogens is 495 g/mol. The predicted molar refractivity (Wildman–Crippen MR) is 135 cm³/mol. The van der Waals surface area contributed by atoms with Crippen LogP contribution in [0.15, 0.2) is 103 Å². The molecule has 0 bridgehead atoms. The quantitative estimate of drug-likeness (QED) is 0.332. The summed E-state index contributed by atoms with van der Waals surface area (Å²) in [6.07, 6.45) is 0.835. The highest BCUT2D eigenvalue weighted by atomic mass is 79.9. The van der Waals surface area contributed by atoms with E-state index in [-0.39, 0.29) is 17.0 Å². The van der Waals surface area contributed by atoms with Crippen molar-refractivity contribution in [2.24, 2.45) is 0 Å². The van der Waals surface area contributed by atoms with E-state index in [4.69, 9.17) is 14.2 Å². The molecule has 0 spiro atoms. The van der Waals surface area contributed by atoms with Crippen LogP contribution in [0.25, 0.3) is 0 Å². The van der Waals surface area contributed by atoms with E-state index in [2.05, 4.69) is 103 Å². The van der Waals surface area contributed by atoms with Crippen molar-refractivity contribution < 1.29 is 31.2 Å². The minimum absolute atomic E-state index is 0. The number of ether oxygens (including phenoxy) is 3. The molecule has 3 nitrogen and oxygen atoms in total. The van der Waals surface area contributed by atoms with Gasteiger partial charge in [0, 0.05) is 0 Å². The second-order valence-electron chi connectivity index (χ2n) is 7.51. The molecule has 4 aromatic rings. The lowest BCUT2D eigenvalue weighted by molar-refractivity contribution is -0.00000711. The van der Waals surface area contributed by atoms with Gasteiger partial charge in [-0.15, -0.1) is 0 Å². The minimum Gasteiger partial charge on any atom is -1.00 e. The number of rotatable bonds is 8. The van der Waals surface area contributed by atoms with Gasteiger partial charge in [0.2, 0.25) is 5.75 Å². The van der Waals surface area contributed by atoms with Crippen LogP contribution < -0.4 is 47.1 Å². The molecule has 170 valence electrons. The molecule has 0 aliphatic rings. The van der Waals surface area contributed by atoms with Crippen LogP contribution in [0, 0.1) is 0 Å². The number of hydrogen-bond donors (Lipinski definition) is 0. The van der Waals surface area contributed by atoms with Crippen molar-refractivity contribution in [1.29, 1.82) is 0 Å². The smallest absolute Gasteiger partial charge is 0.203 e. The molecule has 4 aromatic carbocycles. The first kappa shape index (κ1) is 24.8. The molecule has 0 N–H and O–H groups in total. The summed E-state index contributed by atoms with van der Waals surface area (Å²) in [5.41, 5.74) is 1.14. The van der Waals surface area contributed by atoms with E-state index in [1.165, 1.54) is 15.9 Å². The number of methoxy groups -OCH3 is 3. The fourth-order valence-corrected chi connectivity index (χ4v) is 8.48. The van der Waals surface area contributed by atoms with Gasteiger partial charge in [-0.1, -0.05) is 54.6 Å². The van der Waals surface area contributed by atoms with Crippen LogP contribution in [0.4, 0.5) is 0 Å². The third-order valence-electron chi connectivity index (χ3n) is 5.74. The monoisotopic (exact) mass is 522 g/mol. The molecule has 0 saturated heterocycles. The van der Waals surface area contributed by atoms with E-state index in [0.29, 0.717) is 17.2 Å². The first-order valence-corrected chi connectivity index (χ1v) is 12.5. The molecule has 5 heteroatoms. The summed E-state index contributed by atoms with van der Waals surface area (Å²) in [6, 6.07) is 36.7. The van der Waals surface area contributed by atoms with Crippen molar-refractivity contribution in [2.75, 3.05) is 21.3 Å². The fraction of sp³-hybridized carbons (Fsp3) is 0.143. The van der Waals surface area contributed by atoms with Crippen molar-refractivity contribution in [3.05, 3.63) is 109 Å². The van der Waals surface area contributed by atoms with Gasteiger partial charge in [0.05, 0.1) is 27.5 Å². The summed E-state index contributed by atoms with van der Waals surface area (Å²) < 4.78 is 16.9. The van der Waals surface area contributed by atoms with Crippen LogP contribution in [-0.2, 0) is 6.16 Å². The molecule has 0 heterocycles. The van der Waals surface area contributed by atoms with Crippen molar-refractivity contribution in [1.82, 2.24) is 0 Å². The zero-order valence-electron chi connectivity index (χ0n) is 19.1. The van der Waals surface area contributed by atoms with Crippen LogP contribution in [0.1, 0.15) is 5.56 Å². The topological polar surface area (TPSA) is 27.7 Å². The van der Waals surface area contributed by atoms with Crippen LogP contribution in [0.2, 0.25) is 0 Å². The Morgan fingerprint density at radius 3 is 1.21 bits per heavy atom. The van der Waals surface area contributed by atoms with Gasteiger partial charge in [-0.05, 0) is 54.1 Å². The van der Waals surface area contributed by atoms with Gasteiger partial charge in [0.25, 0.3) is 0 Å². The maximum Gasteiger partial charge on any atom is 0.203 e. The van der Waals surface area contributed by atoms with Gasteiger partial charge in [0.15, 0.2) is 11.5 Å². The standard InChI is InChI=1S/C28H28O3P.BrH/c1-29-26-19-22(20-27(30-2)28(26)31-3)21-32(23-13-7-4-8-14-23,24-15-9-5-10-16-24)25-17-11-6-12-18-25;/h4-20H,21H2,1-3H3;1H/q+1;/p-1. The Hall–Kier alpha value is -2.81. The Morgan fingerprint density at radius 1 is 0.545 bits per heavy atom. The summed E-state index contributed by atoms with van der Waals surface area (Å²) in [7, 11) is 2.95. The molecule has 0 fully saturated rings. The highest BCUT2D eigenvalue weighted by molar-refractivity contribution is 7.95. The highest BCUT2D eigenvalue weighted by Gasteiger charge is 2.45. The lowest BCUT2D eigenvalue weighted by Gasteiger charge is -2.28. The molecule has 0 aliphatic carbocycles. The van der Waals surface area contributed by atoms with Crippen LogP contribution >= 0.6 is 7.26 Å². The number of halogens is 1. The van der Waals surface area contributed by atoms with Crippen molar-refractivity contribution in [3.8, 4) is 17.2 Å². The van der Waals surface area contributed by atoms with Gasteiger partial charge in [0.1, 0.15) is 23.2 Å². The minimum atomic E-state index is -2.01. The molecular formula is C28H28BrO3P. The van der Waals surface area contributed by atoms with Crippen molar-refractivity contribution >= 4 is 23.2 Å². The van der Waals surface area contributed by atoms with E-state index >= 15 is 0 Å². The van der Waals surface area contributed by atoms with E-state index in [9.17, 15) is 0 Å². The van der Waals surface area contributed by atoms with Crippen molar-refractivity contribution in [3.63, 3.8) is 0 Å². The molecule has 0 amide bonds. The Balaban J connectivity index is 0.00000306. The average Bonchev–Trinajstić information content (AvgIpc) is 2.88. The zero-order chi connectivity index (χ0) is 22.4. The van der Waals surface area contributed by atoms with E-state index in [1.54, 1.807) is 21.3 Å². The Kier molecular flexibility index (Phi) is 8.55. The van der Waals surface area contributed by atoms with Crippen LogP contribution in [0.3, 0.4) is 0 Å². The fourth-order valence-electron chi connectivity index (χ4n) is 4.27. The molecule has 0 radical (unpaired) electrons. The molecule has 33 heavy (non-hydrogen) atoms. The Labute approximate surface area is 207 Å². The summed E-state index contributed by atoms with van der Waals surface area (Å²) in [5, 5.41) is 4.02. The number of benzene rings is 4. The molecule has 0 atom stereocenters. The van der Waals surface area contributed by atoms with Crippen LogP contribution in [0.5, 0.6) is 17.2 Å². The van der Waals surface area contributed by atoms with Gasteiger partial charge in [-0.2, -0.15) is 0 Å². The van der Waals surface area contributed by atoms with Gasteiger partial charge < -0.3 is 31.2 Å². The average molecular weight is 523 g/mol. The summed E-state index contributed by atoms with van der Waals surface area (Å²) >= 11 is 0. The zero-order valence-corrected chi connectivity index (χ0v) is 21.6. The molecule has 0 saturated carbocycles. The SMILES string of the molecule is COc1cc(C[P+](c2ccccc2)(c2ccccc2)c2ccccc2)cc(OC)c1OC.[Br-]. The maximum absolute atomic E-state index is 5.66. The molecule has 0 aliphatic heterocycles. The van der Waals surface area contributed by atoms with E-state index in [0.717, 1.165) is 11.7 Å². The lowest BCUT2D eigenvalue weighted by atomic mass is 10.2. The van der Waals surface area contributed by atoms with Gasteiger partial charge in [-0.25, -0.2) is 0 Å². The normalized spacial score (nSPS) is 10.8. The first-order valence-electron chi connectivity index (χ1n) is 10.6. The second-order valence-corrected chi connectivity index (χ2v) is 11.0.